The Balaban J connectivity index is 2.28. The molecule has 0 radical (unpaired) electrons. The van der Waals surface area contributed by atoms with E-state index in [2.05, 4.69) is 20.0 Å². The topological polar surface area (TPSA) is 63.4 Å². The molecule has 0 aromatic heterocycles. The van der Waals surface area contributed by atoms with Gasteiger partial charge in [-0.05, 0) is 48.5 Å². The van der Waals surface area contributed by atoms with Gasteiger partial charge < -0.3 is 4.74 Å². The molecule has 2 aromatic carbocycles. The minimum atomic E-state index is -0.687. The highest BCUT2D eigenvalue weighted by molar-refractivity contribution is 6.36. The third-order valence-corrected chi connectivity index (χ3v) is 3.02. The van der Waals surface area contributed by atoms with Crippen LogP contribution in [0.5, 0.6) is 0 Å². The first-order chi connectivity index (χ1) is 10.6. The van der Waals surface area contributed by atoms with Crippen LogP contribution >= 0.6 is 23.2 Å². The number of amidine groups is 1. The maximum atomic E-state index is 11.7. The van der Waals surface area contributed by atoms with Crippen molar-refractivity contribution in [3.63, 3.8) is 0 Å². The van der Waals surface area contributed by atoms with Crippen LogP contribution in [0.1, 0.15) is 0 Å². The van der Waals surface area contributed by atoms with Crippen molar-refractivity contribution < 1.29 is 9.53 Å². The number of rotatable bonds is 2. The Morgan fingerprint density at radius 2 is 1.41 bits per heavy atom. The number of azo groups is 1. The SMILES string of the molecule is COC(=O)C(N=Nc1ccc(Cl)cc1)=Nc1ccc(Cl)cc1. The van der Waals surface area contributed by atoms with Crippen molar-refractivity contribution in [2.45, 2.75) is 0 Å². The van der Waals surface area contributed by atoms with Crippen molar-refractivity contribution >= 4 is 46.4 Å². The van der Waals surface area contributed by atoms with Crippen molar-refractivity contribution in [2.75, 3.05) is 7.11 Å². The number of methoxy groups -OCH3 is 1. The lowest BCUT2D eigenvalue weighted by atomic mass is 10.3. The van der Waals surface area contributed by atoms with Crippen LogP contribution in [0.15, 0.2) is 63.8 Å². The average molecular weight is 336 g/mol. The highest BCUT2D eigenvalue weighted by Crippen LogP contribution is 2.19. The number of carbonyl (C=O) groups excluding carboxylic acids is 1. The van der Waals surface area contributed by atoms with E-state index >= 15 is 0 Å². The molecule has 0 fully saturated rings. The molecule has 0 heterocycles. The molecule has 0 unspecified atom stereocenters. The highest BCUT2D eigenvalue weighted by Gasteiger charge is 2.11. The van der Waals surface area contributed by atoms with E-state index in [0.717, 1.165) is 0 Å². The van der Waals surface area contributed by atoms with E-state index in [4.69, 9.17) is 23.2 Å². The van der Waals surface area contributed by atoms with Crippen LogP contribution in [0.2, 0.25) is 10.0 Å². The van der Waals surface area contributed by atoms with E-state index in [1.807, 2.05) is 0 Å². The number of nitrogens with zero attached hydrogens (tertiary/aromatic N) is 3. The molecule has 2 rings (SSSR count). The second-order valence-corrected chi connectivity index (χ2v) is 4.95. The van der Waals surface area contributed by atoms with Crippen molar-refractivity contribution in [1.82, 2.24) is 0 Å². The fourth-order valence-corrected chi connectivity index (χ4v) is 1.70. The van der Waals surface area contributed by atoms with Gasteiger partial charge in [0.1, 0.15) is 0 Å². The fraction of sp³-hybridized carbons (Fsp3) is 0.0667. The van der Waals surface area contributed by atoms with Crippen LogP contribution in [-0.2, 0) is 9.53 Å². The Bertz CT molecular complexity index is 711. The maximum Gasteiger partial charge on any atom is 0.378 e. The van der Waals surface area contributed by atoms with Gasteiger partial charge in [0.05, 0.1) is 18.5 Å². The predicted molar refractivity (Wildman–Crippen MR) is 86.5 cm³/mol. The zero-order valence-corrected chi connectivity index (χ0v) is 13.0. The fourth-order valence-electron chi connectivity index (χ4n) is 1.45. The Hall–Kier alpha value is -2.24. The largest absolute Gasteiger partial charge is 0.463 e. The van der Waals surface area contributed by atoms with E-state index in [1.165, 1.54) is 7.11 Å². The van der Waals surface area contributed by atoms with Gasteiger partial charge >= 0.3 is 5.97 Å². The second-order valence-electron chi connectivity index (χ2n) is 4.08. The lowest BCUT2D eigenvalue weighted by molar-refractivity contribution is -0.132. The summed E-state index contributed by atoms with van der Waals surface area (Å²) in [6.07, 6.45) is 0. The van der Waals surface area contributed by atoms with Crippen molar-refractivity contribution in [1.29, 1.82) is 0 Å². The van der Waals surface area contributed by atoms with Crippen LogP contribution < -0.4 is 0 Å². The Morgan fingerprint density at radius 1 is 0.909 bits per heavy atom. The van der Waals surface area contributed by atoms with Crippen LogP contribution in [0.3, 0.4) is 0 Å². The second kappa shape index (κ2) is 7.68. The molecule has 0 bridgehead atoms. The summed E-state index contributed by atoms with van der Waals surface area (Å²) in [5.74, 6) is -0.854. The van der Waals surface area contributed by atoms with E-state index in [0.29, 0.717) is 21.4 Å². The number of carbonyl (C=O) groups is 1. The smallest absolute Gasteiger partial charge is 0.378 e. The number of aliphatic imine (C=N–C) groups is 1. The zero-order chi connectivity index (χ0) is 15.9. The summed E-state index contributed by atoms with van der Waals surface area (Å²) >= 11 is 11.6. The first kappa shape index (κ1) is 16.1. The molecule has 5 nitrogen and oxygen atoms in total. The number of ether oxygens (including phenoxy) is 1. The van der Waals surface area contributed by atoms with Crippen molar-refractivity contribution in [3.8, 4) is 0 Å². The average Bonchev–Trinajstić information content (AvgIpc) is 2.54. The molecule has 22 heavy (non-hydrogen) atoms. The molecule has 0 N–H and O–H groups in total. The third kappa shape index (κ3) is 4.65. The van der Waals surface area contributed by atoms with Gasteiger partial charge in [-0.25, -0.2) is 9.79 Å². The lowest BCUT2D eigenvalue weighted by Crippen LogP contribution is -2.12. The maximum absolute atomic E-state index is 11.7. The first-order valence-electron chi connectivity index (χ1n) is 6.18. The summed E-state index contributed by atoms with van der Waals surface area (Å²) in [5, 5.41) is 8.93. The molecule has 7 heteroatoms. The summed E-state index contributed by atoms with van der Waals surface area (Å²) < 4.78 is 4.65. The third-order valence-electron chi connectivity index (χ3n) is 2.52. The van der Waals surface area contributed by atoms with Crippen molar-refractivity contribution in [3.05, 3.63) is 58.6 Å². The number of esters is 1. The quantitative estimate of drug-likeness (QED) is 0.336. The van der Waals surface area contributed by atoms with Crippen molar-refractivity contribution in [2.24, 2.45) is 15.2 Å². The summed E-state index contributed by atoms with van der Waals surface area (Å²) in [6.45, 7) is 0. The Morgan fingerprint density at radius 3 is 1.91 bits per heavy atom. The van der Waals surface area contributed by atoms with E-state index in [9.17, 15) is 4.79 Å². The van der Waals surface area contributed by atoms with Gasteiger partial charge in [-0.3, -0.25) is 0 Å². The minimum Gasteiger partial charge on any atom is -0.463 e. The summed E-state index contributed by atoms with van der Waals surface area (Å²) in [7, 11) is 1.25. The Labute approximate surface area is 137 Å². The van der Waals surface area contributed by atoms with Gasteiger partial charge in [0.15, 0.2) is 0 Å². The number of benzene rings is 2. The molecule has 0 aliphatic heterocycles. The van der Waals surface area contributed by atoms with Gasteiger partial charge in [0, 0.05) is 10.0 Å². The van der Waals surface area contributed by atoms with Gasteiger partial charge in [-0.1, -0.05) is 23.2 Å². The van der Waals surface area contributed by atoms with Gasteiger partial charge in [-0.2, -0.15) is 0 Å². The first-order valence-corrected chi connectivity index (χ1v) is 6.94. The van der Waals surface area contributed by atoms with Crippen LogP contribution in [0, 0.1) is 0 Å². The molecule has 0 saturated heterocycles. The lowest BCUT2D eigenvalue weighted by Gasteiger charge is -1.99. The molecule has 0 amide bonds. The normalized spacial score (nSPS) is 11.7. The van der Waals surface area contributed by atoms with E-state index < -0.39 is 5.97 Å². The van der Waals surface area contributed by atoms with Gasteiger partial charge in [-0.15, -0.1) is 10.2 Å². The van der Waals surface area contributed by atoms with Gasteiger partial charge in [0.25, 0.3) is 5.84 Å². The van der Waals surface area contributed by atoms with Crippen LogP contribution in [0.25, 0.3) is 0 Å². The number of hydrogen-bond acceptors (Lipinski definition) is 4. The molecule has 2 aromatic rings. The highest BCUT2D eigenvalue weighted by atomic mass is 35.5. The molecule has 0 saturated carbocycles. The summed E-state index contributed by atoms with van der Waals surface area (Å²) in [6, 6.07) is 13.3. The monoisotopic (exact) mass is 335 g/mol. The molecular weight excluding hydrogens is 325 g/mol. The molecular formula is C15H11Cl2N3O2. The molecule has 0 spiro atoms. The summed E-state index contributed by atoms with van der Waals surface area (Å²) in [4.78, 5) is 15.8. The number of halogens is 2. The predicted octanol–water partition coefficient (Wildman–Crippen LogP) is 4.98. The van der Waals surface area contributed by atoms with E-state index in [-0.39, 0.29) is 5.84 Å². The zero-order valence-electron chi connectivity index (χ0n) is 11.5. The molecule has 0 aliphatic rings. The van der Waals surface area contributed by atoms with E-state index in [1.54, 1.807) is 48.5 Å². The van der Waals surface area contributed by atoms with Gasteiger partial charge in [0.2, 0.25) is 0 Å². The summed E-state index contributed by atoms with van der Waals surface area (Å²) in [5.41, 5.74) is 1.05. The number of hydrogen-bond donors (Lipinski definition) is 0. The molecule has 0 atom stereocenters. The van der Waals surface area contributed by atoms with Crippen LogP contribution in [0.4, 0.5) is 11.4 Å². The molecule has 0 aliphatic carbocycles. The Kier molecular flexibility index (Phi) is 5.63. The van der Waals surface area contributed by atoms with Crippen LogP contribution in [-0.4, -0.2) is 18.9 Å². The standard InChI is InChI=1S/C15H11Cl2N3O2/c1-22-15(21)14(18-12-6-2-10(16)3-7-12)20-19-13-8-4-11(17)5-9-13/h2-9H,1H3. The minimum absolute atomic E-state index is 0.167. The molecule has 112 valence electrons.